The Morgan fingerprint density at radius 2 is 1.94 bits per heavy atom. The lowest BCUT2D eigenvalue weighted by Gasteiger charge is -2.09. The summed E-state index contributed by atoms with van der Waals surface area (Å²) in [5.74, 6) is 0.929. The minimum absolute atomic E-state index is 0.138. The van der Waals surface area contributed by atoms with Crippen LogP contribution in [0.15, 0.2) is 41.6 Å². The first kappa shape index (κ1) is 23.8. The third-order valence-corrected chi connectivity index (χ3v) is 6.59. The zero-order valence-corrected chi connectivity index (χ0v) is 19.9. The molecule has 0 aliphatic rings. The number of esters is 1. The number of anilines is 1. The van der Waals surface area contributed by atoms with Crippen LogP contribution in [-0.4, -0.2) is 39.0 Å². The van der Waals surface area contributed by atoms with Gasteiger partial charge in [0.05, 0.1) is 17.9 Å². The molecular weight excluding hydrogens is 448 g/mol. The number of hydrogen-bond acceptors (Lipinski definition) is 8. The van der Waals surface area contributed by atoms with Crippen LogP contribution in [0.1, 0.15) is 41.8 Å². The van der Waals surface area contributed by atoms with Crippen molar-refractivity contribution in [2.75, 3.05) is 17.7 Å². The Balaban J connectivity index is 1.61. The van der Waals surface area contributed by atoms with E-state index < -0.39 is 5.97 Å². The van der Waals surface area contributed by atoms with E-state index in [9.17, 15) is 9.59 Å². The number of hydrogen-bond donors (Lipinski definition) is 1. The van der Waals surface area contributed by atoms with Crippen molar-refractivity contribution < 1.29 is 19.1 Å². The monoisotopic (exact) mass is 474 g/mol. The van der Waals surface area contributed by atoms with Gasteiger partial charge >= 0.3 is 5.97 Å². The van der Waals surface area contributed by atoms with Gasteiger partial charge in [0.25, 0.3) is 0 Å². The van der Waals surface area contributed by atoms with E-state index in [1.165, 1.54) is 23.1 Å². The summed E-state index contributed by atoms with van der Waals surface area (Å²) in [6.45, 7) is 6.96. The average Bonchev–Trinajstić information content (AvgIpc) is 3.40. The molecule has 3 rings (SSSR count). The first-order chi connectivity index (χ1) is 15.5. The molecule has 1 aromatic carbocycles. The molecule has 32 heavy (non-hydrogen) atoms. The van der Waals surface area contributed by atoms with E-state index in [0.29, 0.717) is 28.1 Å². The van der Waals surface area contributed by atoms with Gasteiger partial charge in [0.15, 0.2) is 11.0 Å². The summed E-state index contributed by atoms with van der Waals surface area (Å²) in [7, 11) is 0. The molecule has 0 spiro atoms. The lowest BCUT2D eigenvalue weighted by molar-refractivity contribution is -0.113. The SMILES string of the molecule is CCOC(=O)c1cc(CC)sc1NC(=O)CSc1nnc(COc2ccccc2)n1CC. The Morgan fingerprint density at radius 3 is 2.62 bits per heavy atom. The van der Waals surface area contributed by atoms with Crippen LogP contribution in [0.4, 0.5) is 5.00 Å². The highest BCUT2D eigenvalue weighted by molar-refractivity contribution is 7.99. The summed E-state index contributed by atoms with van der Waals surface area (Å²) in [6, 6.07) is 11.3. The van der Waals surface area contributed by atoms with E-state index in [1.54, 1.807) is 13.0 Å². The van der Waals surface area contributed by atoms with Gasteiger partial charge in [-0.2, -0.15) is 0 Å². The third kappa shape index (κ3) is 6.10. The van der Waals surface area contributed by atoms with Gasteiger partial charge in [-0.25, -0.2) is 4.79 Å². The Kier molecular flexibility index (Phi) is 8.69. The lowest BCUT2D eigenvalue weighted by Crippen LogP contribution is -2.16. The molecule has 2 aromatic heterocycles. The number of carbonyl (C=O) groups excluding carboxylic acids is 2. The number of amides is 1. The molecule has 0 aliphatic carbocycles. The summed E-state index contributed by atoms with van der Waals surface area (Å²) in [5.41, 5.74) is 0.393. The number of thioether (sulfide) groups is 1. The average molecular weight is 475 g/mol. The van der Waals surface area contributed by atoms with Crippen LogP contribution in [0.25, 0.3) is 0 Å². The molecule has 3 aromatic rings. The van der Waals surface area contributed by atoms with Crippen molar-refractivity contribution in [3.63, 3.8) is 0 Å². The predicted octanol–water partition coefficient (Wildman–Crippen LogP) is 4.41. The molecule has 170 valence electrons. The number of aromatic nitrogens is 3. The normalized spacial score (nSPS) is 10.7. The molecule has 0 bridgehead atoms. The molecule has 0 saturated heterocycles. The van der Waals surface area contributed by atoms with Gasteiger partial charge in [-0.05, 0) is 38.5 Å². The zero-order valence-electron chi connectivity index (χ0n) is 18.3. The fraction of sp³-hybridized carbons (Fsp3) is 0.364. The van der Waals surface area contributed by atoms with E-state index >= 15 is 0 Å². The number of para-hydroxylation sites is 1. The van der Waals surface area contributed by atoms with Gasteiger partial charge < -0.3 is 19.4 Å². The maximum absolute atomic E-state index is 12.6. The number of rotatable bonds is 11. The van der Waals surface area contributed by atoms with E-state index in [2.05, 4.69) is 15.5 Å². The van der Waals surface area contributed by atoms with E-state index in [1.807, 2.05) is 48.7 Å². The van der Waals surface area contributed by atoms with Crippen molar-refractivity contribution in [1.29, 1.82) is 0 Å². The minimum atomic E-state index is -0.430. The smallest absolute Gasteiger partial charge is 0.341 e. The molecule has 1 N–H and O–H groups in total. The van der Waals surface area contributed by atoms with Crippen molar-refractivity contribution in [1.82, 2.24) is 14.8 Å². The van der Waals surface area contributed by atoms with Gasteiger partial charge in [0.2, 0.25) is 5.91 Å². The molecule has 0 radical (unpaired) electrons. The Hall–Kier alpha value is -2.85. The maximum atomic E-state index is 12.6. The van der Waals surface area contributed by atoms with Crippen molar-refractivity contribution in [3.05, 3.63) is 52.7 Å². The lowest BCUT2D eigenvalue weighted by atomic mass is 10.2. The number of thiophene rings is 1. The molecular formula is C22H26N4O4S2. The Labute approximate surface area is 195 Å². The summed E-state index contributed by atoms with van der Waals surface area (Å²) in [5, 5.41) is 12.4. The molecule has 0 atom stereocenters. The van der Waals surface area contributed by atoms with Crippen molar-refractivity contribution in [2.24, 2.45) is 0 Å². The number of ether oxygens (including phenoxy) is 2. The Morgan fingerprint density at radius 1 is 1.16 bits per heavy atom. The predicted molar refractivity (Wildman–Crippen MR) is 125 cm³/mol. The molecule has 0 fully saturated rings. The highest BCUT2D eigenvalue weighted by Gasteiger charge is 2.19. The molecule has 0 unspecified atom stereocenters. The summed E-state index contributed by atoms with van der Waals surface area (Å²) < 4.78 is 12.8. The molecule has 10 heteroatoms. The van der Waals surface area contributed by atoms with Crippen LogP contribution in [0.3, 0.4) is 0 Å². The van der Waals surface area contributed by atoms with E-state index in [4.69, 9.17) is 9.47 Å². The van der Waals surface area contributed by atoms with Crippen LogP contribution < -0.4 is 10.1 Å². The fourth-order valence-electron chi connectivity index (χ4n) is 2.88. The van der Waals surface area contributed by atoms with Crippen molar-refractivity contribution in [2.45, 2.75) is 45.5 Å². The van der Waals surface area contributed by atoms with Gasteiger partial charge in [0.1, 0.15) is 17.4 Å². The first-order valence-corrected chi connectivity index (χ1v) is 12.2. The van der Waals surface area contributed by atoms with Gasteiger partial charge in [-0.15, -0.1) is 21.5 Å². The Bertz CT molecular complexity index is 1050. The molecule has 8 nitrogen and oxygen atoms in total. The van der Waals surface area contributed by atoms with Crippen LogP contribution in [-0.2, 0) is 29.1 Å². The summed E-state index contributed by atoms with van der Waals surface area (Å²) in [6.07, 6.45) is 0.773. The van der Waals surface area contributed by atoms with Gasteiger partial charge in [-0.1, -0.05) is 36.9 Å². The number of aryl methyl sites for hydroxylation is 1. The largest absolute Gasteiger partial charge is 0.486 e. The number of benzene rings is 1. The van der Waals surface area contributed by atoms with Crippen LogP contribution >= 0.6 is 23.1 Å². The van der Waals surface area contributed by atoms with E-state index in [-0.39, 0.29) is 24.9 Å². The second-order valence-corrected chi connectivity index (χ2v) is 8.69. The third-order valence-electron chi connectivity index (χ3n) is 4.43. The zero-order chi connectivity index (χ0) is 22.9. The van der Waals surface area contributed by atoms with E-state index in [0.717, 1.165) is 17.0 Å². The van der Waals surface area contributed by atoms with Crippen molar-refractivity contribution in [3.8, 4) is 5.75 Å². The molecule has 2 heterocycles. The molecule has 1 amide bonds. The fourth-order valence-corrected chi connectivity index (χ4v) is 4.70. The molecule has 0 saturated carbocycles. The second-order valence-electron chi connectivity index (χ2n) is 6.61. The van der Waals surface area contributed by atoms with Gasteiger partial charge in [-0.3, -0.25) is 4.79 Å². The highest BCUT2D eigenvalue weighted by atomic mass is 32.2. The minimum Gasteiger partial charge on any atom is -0.486 e. The summed E-state index contributed by atoms with van der Waals surface area (Å²) >= 11 is 2.68. The highest BCUT2D eigenvalue weighted by Crippen LogP contribution is 2.30. The molecule has 0 aliphatic heterocycles. The first-order valence-electron chi connectivity index (χ1n) is 10.4. The quantitative estimate of drug-likeness (QED) is 0.325. The van der Waals surface area contributed by atoms with Crippen LogP contribution in [0.2, 0.25) is 0 Å². The number of nitrogens with zero attached hydrogens (tertiary/aromatic N) is 3. The van der Waals surface area contributed by atoms with Crippen LogP contribution in [0, 0.1) is 0 Å². The van der Waals surface area contributed by atoms with Gasteiger partial charge in [0, 0.05) is 11.4 Å². The van der Waals surface area contributed by atoms with Crippen molar-refractivity contribution >= 4 is 40.0 Å². The summed E-state index contributed by atoms with van der Waals surface area (Å²) in [4.78, 5) is 25.8. The maximum Gasteiger partial charge on any atom is 0.341 e. The number of carbonyl (C=O) groups is 2. The number of nitrogens with one attached hydrogen (secondary N) is 1. The second kappa shape index (κ2) is 11.7. The topological polar surface area (TPSA) is 95.3 Å². The van der Waals surface area contributed by atoms with Crippen LogP contribution in [0.5, 0.6) is 5.75 Å². The standard InChI is InChI=1S/C22H26N4O4S2/c1-4-16-12-17(21(28)29-6-3)20(32-16)23-19(27)14-31-22-25-24-18(26(22)5-2)13-30-15-10-8-7-9-11-15/h7-12H,4-6,13-14H2,1-3H3,(H,23,27).